The van der Waals surface area contributed by atoms with E-state index < -0.39 is 0 Å². The summed E-state index contributed by atoms with van der Waals surface area (Å²) in [6.45, 7) is 7.68. The molecule has 3 nitrogen and oxygen atoms in total. The van der Waals surface area contributed by atoms with Crippen molar-refractivity contribution in [3.05, 3.63) is 28.2 Å². The first-order chi connectivity index (χ1) is 9.02. The van der Waals surface area contributed by atoms with Crippen molar-refractivity contribution >= 4 is 21.6 Å². The number of piperazine rings is 1. The number of nitrogens with one attached hydrogen (secondary N) is 1. The summed E-state index contributed by atoms with van der Waals surface area (Å²) in [6.07, 6.45) is 0. The fourth-order valence-corrected chi connectivity index (χ4v) is 3.40. The number of hydrogen-bond acceptors (Lipinski definition) is 3. The Morgan fingerprint density at radius 1 is 1.26 bits per heavy atom. The van der Waals surface area contributed by atoms with Crippen LogP contribution in [0.5, 0.6) is 0 Å². The van der Waals surface area contributed by atoms with Gasteiger partial charge in [0.25, 0.3) is 0 Å². The molecule has 2 atom stereocenters. The van der Waals surface area contributed by atoms with Gasteiger partial charge in [-0.3, -0.25) is 4.90 Å². The quantitative estimate of drug-likeness (QED) is 0.921. The predicted octanol–water partition coefficient (Wildman–Crippen LogP) is 2.70. The largest absolute Gasteiger partial charge is 0.368 e. The first-order valence-corrected chi connectivity index (χ1v) is 7.72. The van der Waals surface area contributed by atoms with Crippen molar-refractivity contribution in [2.75, 3.05) is 32.1 Å². The lowest BCUT2D eigenvalue weighted by Gasteiger charge is -2.43. The van der Waals surface area contributed by atoms with E-state index in [0.29, 0.717) is 12.1 Å². The predicted molar refractivity (Wildman–Crippen MR) is 85.8 cm³/mol. The second-order valence-electron chi connectivity index (χ2n) is 5.58. The SMILES string of the molecule is CNCc1ccc(N2CC(C)N(C)C(C)C2)c(Br)c1. The van der Waals surface area contributed by atoms with Gasteiger partial charge in [-0.05, 0) is 61.6 Å². The molecular weight excluding hydrogens is 302 g/mol. The Balaban J connectivity index is 2.18. The van der Waals surface area contributed by atoms with Crippen molar-refractivity contribution in [1.29, 1.82) is 0 Å². The minimum absolute atomic E-state index is 0.590. The molecule has 0 radical (unpaired) electrons. The Morgan fingerprint density at radius 2 is 1.89 bits per heavy atom. The van der Waals surface area contributed by atoms with Crippen molar-refractivity contribution in [2.45, 2.75) is 32.5 Å². The number of halogens is 1. The zero-order valence-electron chi connectivity index (χ0n) is 12.3. The van der Waals surface area contributed by atoms with Gasteiger partial charge < -0.3 is 10.2 Å². The van der Waals surface area contributed by atoms with Crippen molar-refractivity contribution in [1.82, 2.24) is 10.2 Å². The average molecular weight is 326 g/mol. The molecule has 0 spiro atoms. The molecular formula is C15H24BrN3. The van der Waals surface area contributed by atoms with Gasteiger partial charge in [-0.25, -0.2) is 0 Å². The topological polar surface area (TPSA) is 18.5 Å². The monoisotopic (exact) mass is 325 g/mol. The van der Waals surface area contributed by atoms with E-state index in [9.17, 15) is 0 Å². The van der Waals surface area contributed by atoms with Crippen molar-refractivity contribution in [3.63, 3.8) is 0 Å². The molecule has 1 aromatic rings. The highest BCUT2D eigenvalue weighted by Crippen LogP contribution is 2.30. The smallest absolute Gasteiger partial charge is 0.0511 e. The highest BCUT2D eigenvalue weighted by atomic mass is 79.9. The van der Waals surface area contributed by atoms with E-state index in [1.807, 2.05) is 7.05 Å². The molecule has 1 aromatic carbocycles. The van der Waals surface area contributed by atoms with E-state index >= 15 is 0 Å². The van der Waals surface area contributed by atoms with Gasteiger partial charge in [0.15, 0.2) is 0 Å². The summed E-state index contributed by atoms with van der Waals surface area (Å²) >= 11 is 3.72. The molecule has 0 aromatic heterocycles. The summed E-state index contributed by atoms with van der Waals surface area (Å²) in [4.78, 5) is 4.95. The minimum atomic E-state index is 0.590. The van der Waals surface area contributed by atoms with Crippen LogP contribution in [0, 0.1) is 0 Å². The Labute approximate surface area is 125 Å². The number of nitrogens with zero attached hydrogens (tertiary/aromatic N) is 2. The van der Waals surface area contributed by atoms with E-state index in [-0.39, 0.29) is 0 Å². The fourth-order valence-electron chi connectivity index (χ4n) is 2.72. The number of benzene rings is 1. The number of likely N-dealkylation sites (N-methyl/N-ethyl adjacent to an activating group) is 1. The third-order valence-corrected chi connectivity index (χ3v) is 4.73. The van der Waals surface area contributed by atoms with Gasteiger partial charge in [-0.15, -0.1) is 0 Å². The molecule has 2 rings (SSSR count). The Kier molecular flexibility index (Phi) is 4.87. The summed E-state index contributed by atoms with van der Waals surface area (Å²) in [5, 5.41) is 3.19. The Morgan fingerprint density at radius 3 is 2.42 bits per heavy atom. The molecule has 1 fully saturated rings. The second-order valence-corrected chi connectivity index (χ2v) is 6.44. The number of anilines is 1. The second kappa shape index (κ2) is 6.25. The van der Waals surface area contributed by atoms with E-state index in [0.717, 1.165) is 19.6 Å². The number of hydrogen-bond donors (Lipinski definition) is 1. The molecule has 1 N–H and O–H groups in total. The van der Waals surface area contributed by atoms with Crippen LogP contribution in [0.4, 0.5) is 5.69 Å². The average Bonchev–Trinajstić information content (AvgIpc) is 2.36. The molecule has 0 bridgehead atoms. The fraction of sp³-hybridized carbons (Fsp3) is 0.600. The summed E-state index contributed by atoms with van der Waals surface area (Å²) < 4.78 is 1.20. The van der Waals surface area contributed by atoms with Crippen LogP contribution in [0.2, 0.25) is 0 Å². The molecule has 0 aliphatic carbocycles. The molecule has 19 heavy (non-hydrogen) atoms. The summed E-state index contributed by atoms with van der Waals surface area (Å²) in [6, 6.07) is 7.85. The van der Waals surface area contributed by atoms with Crippen molar-refractivity contribution in [2.24, 2.45) is 0 Å². The first-order valence-electron chi connectivity index (χ1n) is 6.92. The standard InChI is InChI=1S/C15H24BrN3/c1-11-9-19(10-12(2)18(11)4)15-6-5-13(8-17-3)7-14(15)16/h5-7,11-12,17H,8-10H2,1-4H3. The maximum Gasteiger partial charge on any atom is 0.0511 e. The van der Waals surface area contributed by atoms with Gasteiger partial charge in [0.2, 0.25) is 0 Å². The van der Waals surface area contributed by atoms with Crippen molar-refractivity contribution < 1.29 is 0 Å². The van der Waals surface area contributed by atoms with Gasteiger partial charge in [-0.1, -0.05) is 6.07 Å². The highest BCUT2D eigenvalue weighted by molar-refractivity contribution is 9.10. The molecule has 0 amide bonds. The maximum absolute atomic E-state index is 3.72. The number of rotatable bonds is 3. The zero-order chi connectivity index (χ0) is 14.0. The molecule has 2 unspecified atom stereocenters. The minimum Gasteiger partial charge on any atom is -0.368 e. The van der Waals surface area contributed by atoms with Crippen LogP contribution < -0.4 is 10.2 Å². The molecule has 106 valence electrons. The molecule has 1 heterocycles. The Hall–Kier alpha value is -0.580. The summed E-state index contributed by atoms with van der Waals surface area (Å²) in [5.74, 6) is 0. The first kappa shape index (κ1) is 14.8. The van der Waals surface area contributed by atoms with Crippen LogP contribution in [-0.4, -0.2) is 44.2 Å². The van der Waals surface area contributed by atoms with E-state index in [4.69, 9.17) is 0 Å². The van der Waals surface area contributed by atoms with Gasteiger partial charge in [0.05, 0.1) is 5.69 Å². The zero-order valence-corrected chi connectivity index (χ0v) is 13.9. The van der Waals surface area contributed by atoms with Crippen LogP contribution in [0.3, 0.4) is 0 Å². The molecule has 1 aliphatic heterocycles. The summed E-state index contributed by atoms with van der Waals surface area (Å²) in [5.41, 5.74) is 2.63. The van der Waals surface area contributed by atoms with Crippen LogP contribution in [0.15, 0.2) is 22.7 Å². The van der Waals surface area contributed by atoms with E-state index in [1.165, 1.54) is 15.7 Å². The lowest BCUT2D eigenvalue weighted by molar-refractivity contribution is 0.170. The maximum atomic E-state index is 3.72. The van der Waals surface area contributed by atoms with Gasteiger partial charge in [0, 0.05) is 36.2 Å². The normalized spacial score (nSPS) is 24.8. The molecule has 1 saturated heterocycles. The third kappa shape index (κ3) is 3.30. The van der Waals surface area contributed by atoms with Crippen LogP contribution in [0.25, 0.3) is 0 Å². The van der Waals surface area contributed by atoms with E-state index in [1.54, 1.807) is 0 Å². The van der Waals surface area contributed by atoms with Crippen molar-refractivity contribution in [3.8, 4) is 0 Å². The molecule has 4 heteroatoms. The third-order valence-electron chi connectivity index (χ3n) is 4.09. The lowest BCUT2D eigenvalue weighted by atomic mass is 10.1. The highest BCUT2D eigenvalue weighted by Gasteiger charge is 2.27. The van der Waals surface area contributed by atoms with Gasteiger partial charge in [0.1, 0.15) is 0 Å². The van der Waals surface area contributed by atoms with Crippen LogP contribution in [-0.2, 0) is 6.54 Å². The Bertz CT molecular complexity index is 423. The van der Waals surface area contributed by atoms with Gasteiger partial charge in [-0.2, -0.15) is 0 Å². The van der Waals surface area contributed by atoms with Gasteiger partial charge >= 0.3 is 0 Å². The van der Waals surface area contributed by atoms with Crippen LogP contribution >= 0.6 is 15.9 Å². The molecule has 0 saturated carbocycles. The van der Waals surface area contributed by atoms with Crippen LogP contribution in [0.1, 0.15) is 19.4 Å². The molecule has 1 aliphatic rings. The van der Waals surface area contributed by atoms with E-state index in [2.05, 4.69) is 70.1 Å². The lowest BCUT2D eigenvalue weighted by Crippen LogP contribution is -2.55. The summed E-state index contributed by atoms with van der Waals surface area (Å²) in [7, 11) is 4.20.